The summed E-state index contributed by atoms with van der Waals surface area (Å²) in [5, 5.41) is 3.44. The number of hydrogen-bond donors (Lipinski definition) is 1. The van der Waals surface area contributed by atoms with Gasteiger partial charge in [-0.15, -0.1) is 0 Å². The summed E-state index contributed by atoms with van der Waals surface area (Å²) in [5.74, 6) is 0.122. The Bertz CT molecular complexity index is 1480. The van der Waals surface area contributed by atoms with Crippen LogP contribution in [0.4, 0.5) is 4.79 Å². The molecule has 1 N–H and O–H groups in total. The lowest BCUT2D eigenvalue weighted by Crippen LogP contribution is -2.47. The molecule has 208 valence electrons. The summed E-state index contributed by atoms with van der Waals surface area (Å²) in [6.45, 7) is 7.19. The maximum Gasteiger partial charge on any atom is 0.318 e. The number of rotatable bonds is 11. The molecule has 1 aromatic heterocycles. The van der Waals surface area contributed by atoms with Crippen molar-refractivity contribution >= 4 is 22.9 Å². The van der Waals surface area contributed by atoms with Crippen molar-refractivity contribution in [3.8, 4) is 0 Å². The van der Waals surface area contributed by atoms with Gasteiger partial charge in [-0.1, -0.05) is 86.1 Å². The second kappa shape index (κ2) is 13.6. The van der Waals surface area contributed by atoms with Gasteiger partial charge < -0.3 is 19.5 Å². The van der Waals surface area contributed by atoms with Crippen molar-refractivity contribution in [2.24, 2.45) is 5.92 Å². The quantitative estimate of drug-likeness (QED) is 0.258. The van der Waals surface area contributed by atoms with Crippen LogP contribution in [-0.4, -0.2) is 34.8 Å². The highest BCUT2D eigenvalue weighted by Gasteiger charge is 2.23. The molecule has 4 aromatic rings. The summed E-state index contributed by atoms with van der Waals surface area (Å²) in [7, 11) is 0. The molecule has 0 saturated heterocycles. The normalized spacial score (nSPS) is 11.0. The fourth-order valence-corrected chi connectivity index (χ4v) is 4.45. The van der Waals surface area contributed by atoms with E-state index in [9.17, 15) is 14.4 Å². The minimum atomic E-state index is -0.293. The molecule has 0 aliphatic carbocycles. The van der Waals surface area contributed by atoms with Crippen molar-refractivity contribution in [1.82, 2.24) is 15.1 Å². The largest absolute Gasteiger partial charge is 0.464 e. The summed E-state index contributed by atoms with van der Waals surface area (Å²) in [6, 6.07) is 24.5. The highest BCUT2D eigenvalue weighted by molar-refractivity contribution is 5.84. The van der Waals surface area contributed by atoms with Crippen LogP contribution in [0.15, 0.2) is 94.3 Å². The van der Waals surface area contributed by atoms with E-state index in [-0.39, 0.29) is 30.5 Å². The second-order valence-corrected chi connectivity index (χ2v) is 10.6. The van der Waals surface area contributed by atoms with Gasteiger partial charge in [0, 0.05) is 19.6 Å². The standard InChI is InChI=1S/C33H37N3O4/c1-24(2)16-17-35(33(39)34-19-26-10-6-4-7-11-26)22-31(37)36(20-27-12-8-5-9-13-27)21-28-23-40-30-15-14-25(3)18-29(30)32(28)38/h4-15,18,23-24H,16-17,19-22H2,1-3H3,(H,34,39). The average molecular weight is 540 g/mol. The Labute approximate surface area is 235 Å². The molecule has 0 spiro atoms. The minimum absolute atomic E-state index is 0.0730. The second-order valence-electron chi connectivity index (χ2n) is 10.6. The van der Waals surface area contributed by atoms with Gasteiger partial charge in [0.1, 0.15) is 12.1 Å². The van der Waals surface area contributed by atoms with Crippen molar-refractivity contribution in [1.29, 1.82) is 0 Å². The Balaban J connectivity index is 1.56. The Kier molecular flexibility index (Phi) is 9.73. The molecular formula is C33H37N3O4. The number of amides is 3. The van der Waals surface area contributed by atoms with Gasteiger partial charge >= 0.3 is 6.03 Å². The summed E-state index contributed by atoms with van der Waals surface area (Å²) in [5.41, 5.74) is 3.61. The van der Waals surface area contributed by atoms with Crippen LogP contribution in [0.1, 0.15) is 42.5 Å². The van der Waals surface area contributed by atoms with E-state index in [4.69, 9.17) is 4.42 Å². The molecule has 3 aromatic carbocycles. The number of carbonyl (C=O) groups is 2. The minimum Gasteiger partial charge on any atom is -0.464 e. The van der Waals surface area contributed by atoms with E-state index in [1.54, 1.807) is 21.9 Å². The number of nitrogens with zero attached hydrogens (tertiary/aromatic N) is 2. The van der Waals surface area contributed by atoms with E-state index in [1.165, 1.54) is 6.26 Å². The lowest BCUT2D eigenvalue weighted by molar-refractivity contribution is -0.133. The molecule has 0 bridgehead atoms. The van der Waals surface area contributed by atoms with Gasteiger partial charge in [0.05, 0.1) is 23.8 Å². The average Bonchev–Trinajstić information content (AvgIpc) is 2.96. The molecule has 3 amide bonds. The zero-order chi connectivity index (χ0) is 28.5. The molecule has 40 heavy (non-hydrogen) atoms. The van der Waals surface area contributed by atoms with Crippen LogP contribution in [0, 0.1) is 12.8 Å². The topological polar surface area (TPSA) is 82.9 Å². The van der Waals surface area contributed by atoms with Crippen molar-refractivity contribution in [3.63, 3.8) is 0 Å². The van der Waals surface area contributed by atoms with Gasteiger partial charge in [-0.05, 0) is 42.5 Å². The van der Waals surface area contributed by atoms with Gasteiger partial charge in [-0.25, -0.2) is 4.79 Å². The number of fused-ring (bicyclic) bond motifs is 1. The molecule has 7 nitrogen and oxygen atoms in total. The lowest BCUT2D eigenvalue weighted by atomic mass is 10.1. The van der Waals surface area contributed by atoms with E-state index in [0.717, 1.165) is 23.1 Å². The molecule has 7 heteroatoms. The summed E-state index contributed by atoms with van der Waals surface area (Å²) in [4.78, 5) is 43.5. The van der Waals surface area contributed by atoms with Crippen LogP contribution in [0.3, 0.4) is 0 Å². The molecule has 0 saturated carbocycles. The van der Waals surface area contributed by atoms with Crippen LogP contribution >= 0.6 is 0 Å². The zero-order valence-electron chi connectivity index (χ0n) is 23.4. The van der Waals surface area contributed by atoms with Crippen LogP contribution in [0.25, 0.3) is 11.0 Å². The Hall–Kier alpha value is -4.39. The Morgan fingerprint density at radius 3 is 2.23 bits per heavy atom. The van der Waals surface area contributed by atoms with Gasteiger partial charge in [-0.3, -0.25) is 9.59 Å². The monoisotopic (exact) mass is 539 g/mol. The van der Waals surface area contributed by atoms with Crippen LogP contribution in [0.2, 0.25) is 0 Å². The van der Waals surface area contributed by atoms with Gasteiger partial charge in [-0.2, -0.15) is 0 Å². The SMILES string of the molecule is Cc1ccc2occ(CN(Cc3ccccc3)C(=O)CN(CCC(C)C)C(=O)NCc3ccccc3)c(=O)c2c1. The number of nitrogens with one attached hydrogen (secondary N) is 1. The van der Waals surface area contributed by atoms with Crippen molar-refractivity contribution in [3.05, 3.63) is 118 Å². The predicted molar refractivity (Wildman–Crippen MR) is 158 cm³/mol. The number of urea groups is 1. The van der Waals surface area contributed by atoms with E-state index in [1.807, 2.05) is 73.7 Å². The molecule has 0 fully saturated rings. The highest BCUT2D eigenvalue weighted by Crippen LogP contribution is 2.16. The van der Waals surface area contributed by atoms with E-state index in [0.29, 0.717) is 42.1 Å². The summed E-state index contributed by atoms with van der Waals surface area (Å²) >= 11 is 0. The van der Waals surface area contributed by atoms with Crippen molar-refractivity contribution in [2.75, 3.05) is 13.1 Å². The number of carbonyl (C=O) groups excluding carboxylic acids is 2. The highest BCUT2D eigenvalue weighted by atomic mass is 16.3. The molecule has 0 aliphatic heterocycles. The van der Waals surface area contributed by atoms with Gasteiger partial charge in [0.2, 0.25) is 5.91 Å². The van der Waals surface area contributed by atoms with Gasteiger partial charge in [0.25, 0.3) is 0 Å². The van der Waals surface area contributed by atoms with Crippen LogP contribution < -0.4 is 10.7 Å². The molecule has 1 heterocycles. The lowest BCUT2D eigenvalue weighted by Gasteiger charge is -2.28. The molecule has 0 radical (unpaired) electrons. The number of hydrogen-bond acceptors (Lipinski definition) is 4. The van der Waals surface area contributed by atoms with E-state index >= 15 is 0 Å². The fraction of sp³-hybridized carbons (Fsp3) is 0.303. The first-order valence-electron chi connectivity index (χ1n) is 13.7. The first-order valence-corrected chi connectivity index (χ1v) is 13.7. The third-order valence-corrected chi connectivity index (χ3v) is 6.81. The zero-order valence-corrected chi connectivity index (χ0v) is 23.4. The first kappa shape index (κ1) is 28.6. The molecule has 0 atom stereocenters. The smallest absolute Gasteiger partial charge is 0.318 e. The fourth-order valence-electron chi connectivity index (χ4n) is 4.45. The summed E-state index contributed by atoms with van der Waals surface area (Å²) < 4.78 is 5.76. The van der Waals surface area contributed by atoms with Gasteiger partial charge in [0.15, 0.2) is 5.43 Å². The maximum atomic E-state index is 13.8. The molecule has 4 rings (SSSR count). The number of aryl methyl sites for hydroxylation is 1. The molecule has 0 aliphatic rings. The number of benzene rings is 3. The molecule has 0 unspecified atom stereocenters. The Morgan fingerprint density at radius 2 is 1.55 bits per heavy atom. The third kappa shape index (κ3) is 7.82. The van der Waals surface area contributed by atoms with Crippen LogP contribution in [0.5, 0.6) is 0 Å². The van der Waals surface area contributed by atoms with Crippen molar-refractivity contribution < 1.29 is 14.0 Å². The van der Waals surface area contributed by atoms with E-state index < -0.39 is 0 Å². The van der Waals surface area contributed by atoms with Crippen molar-refractivity contribution in [2.45, 2.75) is 46.8 Å². The Morgan fingerprint density at radius 1 is 0.875 bits per heavy atom. The maximum absolute atomic E-state index is 13.8. The van der Waals surface area contributed by atoms with E-state index in [2.05, 4.69) is 19.2 Å². The third-order valence-electron chi connectivity index (χ3n) is 6.81. The van der Waals surface area contributed by atoms with Crippen LogP contribution in [-0.2, 0) is 24.4 Å². The predicted octanol–water partition coefficient (Wildman–Crippen LogP) is 5.89. The molecular weight excluding hydrogens is 502 g/mol. The summed E-state index contributed by atoms with van der Waals surface area (Å²) in [6.07, 6.45) is 2.20. The first-order chi connectivity index (χ1) is 19.3.